The van der Waals surface area contributed by atoms with E-state index in [4.69, 9.17) is 5.14 Å². The summed E-state index contributed by atoms with van der Waals surface area (Å²) in [5, 5.41) is 12.8. The van der Waals surface area contributed by atoms with Crippen molar-refractivity contribution in [2.45, 2.75) is 23.9 Å². The van der Waals surface area contributed by atoms with Gasteiger partial charge in [0.05, 0.1) is 22.6 Å². The van der Waals surface area contributed by atoms with E-state index in [1.807, 2.05) is 0 Å². The lowest BCUT2D eigenvalue weighted by Gasteiger charge is -2.14. The largest absolute Gasteiger partial charge is 0.352 e. The van der Waals surface area contributed by atoms with Gasteiger partial charge in [0.15, 0.2) is 0 Å². The van der Waals surface area contributed by atoms with Gasteiger partial charge < -0.3 is 16.0 Å². The molecule has 0 aromatic heterocycles. The standard InChI is InChI=1S/C18H18N4O5S/c19-28(26,27)12-7-5-11(6-8-12)10-20-16(23)9-15-18(25)21-14-4-2-1-3-13(14)17(24)22-15/h1-8,15H,9-10H2,(H,20,23)(H,21,25)(H,22,24)(H2,19,26,27)/t15-/m0/s1. The molecule has 0 radical (unpaired) electrons. The Kier molecular flexibility index (Phi) is 5.43. The summed E-state index contributed by atoms with van der Waals surface area (Å²) in [6.45, 7) is 0.131. The maximum atomic E-state index is 12.3. The Balaban J connectivity index is 1.59. The maximum Gasteiger partial charge on any atom is 0.254 e. The number of hydrogen-bond acceptors (Lipinski definition) is 5. The van der Waals surface area contributed by atoms with Crippen LogP contribution in [0, 0.1) is 0 Å². The van der Waals surface area contributed by atoms with Crippen LogP contribution < -0.4 is 21.1 Å². The fraction of sp³-hybridized carbons (Fsp3) is 0.167. The summed E-state index contributed by atoms with van der Waals surface area (Å²) in [4.78, 5) is 36.7. The van der Waals surface area contributed by atoms with E-state index in [0.717, 1.165) is 0 Å². The summed E-state index contributed by atoms with van der Waals surface area (Å²) in [5.41, 5.74) is 1.37. The summed E-state index contributed by atoms with van der Waals surface area (Å²) < 4.78 is 22.5. The maximum absolute atomic E-state index is 12.3. The minimum absolute atomic E-state index is 0.0278. The summed E-state index contributed by atoms with van der Waals surface area (Å²) in [7, 11) is -3.78. The molecule has 2 aromatic carbocycles. The molecule has 3 rings (SSSR count). The molecule has 1 heterocycles. The highest BCUT2D eigenvalue weighted by Crippen LogP contribution is 2.18. The first-order chi connectivity index (χ1) is 13.2. The molecule has 5 N–H and O–H groups in total. The Labute approximate surface area is 161 Å². The van der Waals surface area contributed by atoms with Crippen LogP contribution in [0.3, 0.4) is 0 Å². The van der Waals surface area contributed by atoms with E-state index in [1.54, 1.807) is 24.3 Å². The molecule has 1 aliphatic rings. The number of sulfonamides is 1. The van der Waals surface area contributed by atoms with Crippen LogP contribution >= 0.6 is 0 Å². The molecule has 0 spiro atoms. The van der Waals surface area contributed by atoms with Crippen LogP contribution in [0.15, 0.2) is 53.4 Å². The van der Waals surface area contributed by atoms with Crippen LogP contribution in [0.1, 0.15) is 22.3 Å². The predicted octanol–water partition coefficient (Wildman–Crippen LogP) is 0.0910. The molecule has 0 fully saturated rings. The molecule has 0 bridgehead atoms. The lowest BCUT2D eigenvalue weighted by Crippen LogP contribution is -2.44. The monoisotopic (exact) mass is 402 g/mol. The second-order valence-electron chi connectivity index (χ2n) is 6.23. The van der Waals surface area contributed by atoms with Gasteiger partial charge in [0.25, 0.3) is 5.91 Å². The molecule has 0 unspecified atom stereocenters. The third-order valence-electron chi connectivity index (χ3n) is 4.18. The van der Waals surface area contributed by atoms with Gasteiger partial charge >= 0.3 is 0 Å². The fourth-order valence-electron chi connectivity index (χ4n) is 2.71. The number of benzene rings is 2. The van der Waals surface area contributed by atoms with Gasteiger partial charge in [-0.05, 0) is 29.8 Å². The van der Waals surface area contributed by atoms with Crippen LogP contribution in [-0.4, -0.2) is 32.2 Å². The smallest absolute Gasteiger partial charge is 0.254 e. The third-order valence-corrected chi connectivity index (χ3v) is 5.11. The van der Waals surface area contributed by atoms with E-state index in [9.17, 15) is 22.8 Å². The van der Waals surface area contributed by atoms with Gasteiger partial charge in [0.1, 0.15) is 6.04 Å². The van der Waals surface area contributed by atoms with Crippen molar-refractivity contribution in [3.8, 4) is 0 Å². The van der Waals surface area contributed by atoms with Gasteiger partial charge in [-0.25, -0.2) is 13.6 Å². The Bertz CT molecular complexity index is 1030. The Morgan fingerprint density at radius 1 is 1.07 bits per heavy atom. The number of primary sulfonamides is 1. The van der Waals surface area contributed by atoms with E-state index < -0.39 is 33.8 Å². The summed E-state index contributed by atoms with van der Waals surface area (Å²) >= 11 is 0. The van der Waals surface area contributed by atoms with Crippen molar-refractivity contribution < 1.29 is 22.8 Å². The van der Waals surface area contributed by atoms with Gasteiger partial charge in [-0.15, -0.1) is 0 Å². The van der Waals surface area contributed by atoms with Crippen molar-refractivity contribution in [2.75, 3.05) is 5.32 Å². The normalized spacial score (nSPS) is 16.4. The van der Waals surface area contributed by atoms with Gasteiger partial charge in [0, 0.05) is 6.54 Å². The number of amides is 3. The minimum Gasteiger partial charge on any atom is -0.352 e. The molecule has 0 saturated carbocycles. The van der Waals surface area contributed by atoms with Crippen LogP contribution in [0.5, 0.6) is 0 Å². The number of carbonyl (C=O) groups excluding carboxylic acids is 3. The molecule has 9 nitrogen and oxygen atoms in total. The minimum atomic E-state index is -3.78. The van der Waals surface area contributed by atoms with Crippen molar-refractivity contribution in [1.82, 2.24) is 10.6 Å². The Hall–Kier alpha value is -3.24. The first-order valence-electron chi connectivity index (χ1n) is 8.33. The number of nitrogens with one attached hydrogen (secondary N) is 3. The number of carbonyl (C=O) groups is 3. The zero-order valence-corrected chi connectivity index (χ0v) is 15.5. The van der Waals surface area contributed by atoms with Crippen LogP contribution in [0.25, 0.3) is 0 Å². The molecule has 0 aliphatic carbocycles. The Morgan fingerprint density at radius 3 is 2.43 bits per heavy atom. The number of hydrogen-bond donors (Lipinski definition) is 4. The molecule has 2 aromatic rings. The van der Waals surface area contributed by atoms with Crippen LogP contribution in [0.4, 0.5) is 5.69 Å². The van der Waals surface area contributed by atoms with Crippen molar-refractivity contribution in [3.05, 3.63) is 59.7 Å². The lowest BCUT2D eigenvalue weighted by atomic mass is 10.1. The number of fused-ring (bicyclic) bond motifs is 1. The SMILES string of the molecule is NS(=O)(=O)c1ccc(CNC(=O)C[C@@H]2NC(=O)c3ccccc3NC2=O)cc1. The number of anilines is 1. The summed E-state index contributed by atoms with van der Waals surface area (Å²) in [5.74, 6) is -1.36. The fourth-order valence-corrected chi connectivity index (χ4v) is 3.23. The summed E-state index contributed by atoms with van der Waals surface area (Å²) in [6, 6.07) is 11.3. The number of nitrogens with two attached hydrogens (primary N) is 1. The molecule has 10 heteroatoms. The second-order valence-corrected chi connectivity index (χ2v) is 7.79. The van der Waals surface area contributed by atoms with Crippen molar-refractivity contribution in [2.24, 2.45) is 5.14 Å². The van der Waals surface area contributed by atoms with Gasteiger partial charge in [-0.1, -0.05) is 24.3 Å². The first kappa shape index (κ1) is 19.5. The lowest BCUT2D eigenvalue weighted by molar-refractivity contribution is -0.125. The highest BCUT2D eigenvalue weighted by molar-refractivity contribution is 7.89. The van der Waals surface area contributed by atoms with Crippen molar-refractivity contribution in [3.63, 3.8) is 0 Å². The topological polar surface area (TPSA) is 147 Å². The predicted molar refractivity (Wildman–Crippen MR) is 101 cm³/mol. The summed E-state index contributed by atoms with van der Waals surface area (Å²) in [6.07, 6.45) is -0.235. The quantitative estimate of drug-likeness (QED) is 0.560. The van der Waals surface area contributed by atoms with Crippen molar-refractivity contribution >= 4 is 33.4 Å². The number of para-hydroxylation sites is 1. The van der Waals surface area contributed by atoms with Crippen LogP contribution in [-0.2, 0) is 26.2 Å². The second kappa shape index (κ2) is 7.79. The molecule has 146 valence electrons. The molecule has 28 heavy (non-hydrogen) atoms. The zero-order chi connectivity index (χ0) is 20.3. The van der Waals surface area contributed by atoms with Crippen molar-refractivity contribution in [1.29, 1.82) is 0 Å². The Morgan fingerprint density at radius 2 is 1.75 bits per heavy atom. The van der Waals surface area contributed by atoms with Gasteiger partial charge in [-0.3, -0.25) is 14.4 Å². The molecule has 1 aliphatic heterocycles. The molecule has 1 atom stereocenters. The first-order valence-corrected chi connectivity index (χ1v) is 9.88. The van der Waals surface area contributed by atoms with Crippen LogP contribution in [0.2, 0.25) is 0 Å². The van der Waals surface area contributed by atoms with E-state index in [1.165, 1.54) is 24.3 Å². The van der Waals surface area contributed by atoms with Gasteiger partial charge in [-0.2, -0.15) is 0 Å². The van der Waals surface area contributed by atoms with Gasteiger partial charge in [0.2, 0.25) is 21.8 Å². The van der Waals surface area contributed by atoms with E-state index in [-0.39, 0.29) is 17.9 Å². The highest BCUT2D eigenvalue weighted by atomic mass is 32.2. The molecular formula is C18H18N4O5S. The molecule has 0 saturated heterocycles. The van der Waals surface area contributed by atoms with E-state index >= 15 is 0 Å². The third kappa shape index (κ3) is 4.53. The molecule has 3 amide bonds. The number of rotatable bonds is 5. The molecular weight excluding hydrogens is 384 g/mol. The van der Waals surface area contributed by atoms with E-state index in [2.05, 4.69) is 16.0 Å². The highest BCUT2D eigenvalue weighted by Gasteiger charge is 2.29. The van der Waals surface area contributed by atoms with E-state index in [0.29, 0.717) is 16.8 Å². The zero-order valence-electron chi connectivity index (χ0n) is 14.6. The average molecular weight is 402 g/mol. The average Bonchev–Trinajstić information content (AvgIpc) is 2.76.